The van der Waals surface area contributed by atoms with E-state index in [1.807, 2.05) is 18.2 Å². The second-order valence-corrected chi connectivity index (χ2v) is 18.0. The van der Waals surface area contributed by atoms with Crippen LogP contribution >= 0.6 is 10.2 Å². The topological polar surface area (TPSA) is 0 Å². The Morgan fingerprint density at radius 1 is 0.340 bits per heavy atom. The molecule has 0 amide bonds. The zero-order valence-corrected chi connectivity index (χ0v) is 30.3. The third kappa shape index (κ3) is 5.03. The Labute approximate surface area is 307 Å². The minimum atomic E-state index is -10.1. The summed E-state index contributed by atoms with van der Waals surface area (Å²) in [6.07, 6.45) is 0. The third-order valence-corrected chi connectivity index (χ3v) is 14.1. The molecule has 0 saturated carbocycles. The van der Waals surface area contributed by atoms with Crippen molar-refractivity contribution < 1.29 is 19.4 Å². The molecule has 0 radical (unpaired) electrons. The Hall–Kier alpha value is -5.46. The Kier molecular flexibility index (Phi) is 6.56. The van der Waals surface area contributed by atoms with Crippen LogP contribution in [0, 0.1) is 0 Å². The van der Waals surface area contributed by atoms with Crippen LogP contribution in [0.25, 0.3) is 95.8 Å². The first-order chi connectivity index (χ1) is 25.5. The molecule has 0 aliphatic rings. The predicted octanol–water partition coefficient (Wildman–Crippen LogP) is 15.3. The van der Waals surface area contributed by atoms with Gasteiger partial charge < -0.3 is 0 Å². The fraction of sp³-hybridized carbons (Fsp3) is 0. The average molecular weight is 786 g/mol. The van der Waals surface area contributed by atoms with Gasteiger partial charge in [0.1, 0.15) is 0 Å². The molecule has 10 rings (SSSR count). The van der Waals surface area contributed by atoms with Crippen LogP contribution in [-0.4, -0.2) is 14.5 Å². The normalized spacial score (nSPS) is 13.7. The van der Waals surface area contributed by atoms with Crippen LogP contribution in [0.4, 0.5) is 19.4 Å². The molecule has 0 aliphatic carbocycles. The van der Waals surface area contributed by atoms with E-state index >= 15 is 0 Å². The first kappa shape index (κ1) is 32.2. The molecule has 0 N–H and O–H groups in total. The molecule has 0 atom stereocenters. The quantitative estimate of drug-likeness (QED) is 0.0947. The predicted molar refractivity (Wildman–Crippen MR) is 216 cm³/mol. The Bertz CT molecular complexity index is 3040. The van der Waals surface area contributed by atoms with Gasteiger partial charge in [-0.2, -0.15) is 0 Å². The van der Waals surface area contributed by atoms with Crippen molar-refractivity contribution in [1.82, 2.24) is 0 Å². The first-order valence-electron chi connectivity index (χ1n) is 17.1. The van der Waals surface area contributed by atoms with E-state index in [0.717, 1.165) is 63.1 Å². The molecule has 7 heteroatoms. The summed E-state index contributed by atoms with van der Waals surface area (Å²) in [7, 11) is -10.1. The monoisotopic (exact) mass is 786 g/mol. The van der Waals surface area contributed by atoms with Crippen LogP contribution < -0.4 is 0 Å². The van der Waals surface area contributed by atoms with Gasteiger partial charge in [-0.25, -0.2) is 0 Å². The summed E-state index contributed by atoms with van der Waals surface area (Å²) in [4.78, 5) is -1.82. The van der Waals surface area contributed by atoms with E-state index in [-0.39, 0.29) is 25.3 Å². The Balaban J connectivity index is 1.26. The van der Waals surface area contributed by atoms with Gasteiger partial charge in [-0.05, 0) is 0 Å². The molecule has 9 aromatic carbocycles. The van der Waals surface area contributed by atoms with Crippen LogP contribution in [0.5, 0.6) is 0 Å². The van der Waals surface area contributed by atoms with Gasteiger partial charge >= 0.3 is 309 Å². The van der Waals surface area contributed by atoms with Gasteiger partial charge in [0, 0.05) is 0 Å². The number of rotatable bonds is 4. The molecule has 53 heavy (non-hydrogen) atoms. The summed E-state index contributed by atoms with van der Waals surface area (Å²) in [6, 6.07) is 51.4. The molecule has 10 aromatic rings. The zero-order valence-electron chi connectivity index (χ0n) is 27.8. The Morgan fingerprint density at radius 3 is 1.28 bits per heavy atom. The van der Waals surface area contributed by atoms with Crippen LogP contribution in [0.3, 0.4) is 0 Å². The van der Waals surface area contributed by atoms with Crippen molar-refractivity contribution in [2.45, 2.75) is 4.90 Å². The molecule has 0 saturated heterocycles. The molecule has 0 unspecified atom stereocenters. The minimum absolute atomic E-state index is 0.159. The SMILES string of the molecule is FS(F)(F)(F)(F)c1c2ccccc2c(-c2cccc3c2[se]c2ccc(-c4c5ccccc5c(-c5ccccc5)c5ccccc45)cc23)c2ccccc12. The molecular formula is C46H27F5SSe. The summed E-state index contributed by atoms with van der Waals surface area (Å²) < 4.78 is 76.3. The molecule has 0 aliphatic heterocycles. The second-order valence-electron chi connectivity index (χ2n) is 13.5. The van der Waals surface area contributed by atoms with Crippen LogP contribution in [-0.2, 0) is 0 Å². The molecule has 258 valence electrons. The van der Waals surface area contributed by atoms with Gasteiger partial charge in [0.2, 0.25) is 0 Å². The fourth-order valence-electron chi connectivity index (χ4n) is 8.30. The summed E-state index contributed by atoms with van der Waals surface area (Å²) in [5.41, 5.74) is 5.86. The van der Waals surface area contributed by atoms with Gasteiger partial charge in [0.15, 0.2) is 0 Å². The van der Waals surface area contributed by atoms with E-state index in [0.29, 0.717) is 5.56 Å². The van der Waals surface area contributed by atoms with Gasteiger partial charge in [-0.3, -0.25) is 0 Å². The molecule has 0 spiro atoms. The number of hydrogen-bond acceptors (Lipinski definition) is 0. The summed E-state index contributed by atoms with van der Waals surface area (Å²) in [5.74, 6) is 0. The average Bonchev–Trinajstić information content (AvgIpc) is 3.53. The molecular weight excluding hydrogens is 759 g/mol. The zero-order chi connectivity index (χ0) is 36.2. The fourth-order valence-corrected chi connectivity index (χ4v) is 12.0. The van der Waals surface area contributed by atoms with E-state index in [4.69, 9.17) is 0 Å². The van der Waals surface area contributed by atoms with Crippen molar-refractivity contribution in [2.75, 3.05) is 0 Å². The third-order valence-electron chi connectivity index (χ3n) is 10.3. The molecule has 0 fully saturated rings. The number of benzene rings is 9. The summed E-state index contributed by atoms with van der Waals surface area (Å²) >= 11 is -0.192. The van der Waals surface area contributed by atoms with Crippen molar-refractivity contribution in [3.8, 4) is 33.4 Å². The maximum atomic E-state index is 14.8. The van der Waals surface area contributed by atoms with E-state index in [9.17, 15) is 19.4 Å². The van der Waals surface area contributed by atoms with Gasteiger partial charge in [-0.1, -0.05) is 0 Å². The van der Waals surface area contributed by atoms with Crippen LogP contribution in [0.1, 0.15) is 0 Å². The number of fused-ring (bicyclic) bond motifs is 7. The van der Waals surface area contributed by atoms with E-state index in [1.54, 1.807) is 12.1 Å². The van der Waals surface area contributed by atoms with Gasteiger partial charge in [0.25, 0.3) is 0 Å². The molecule has 0 bridgehead atoms. The van der Waals surface area contributed by atoms with Gasteiger partial charge in [0.05, 0.1) is 0 Å². The van der Waals surface area contributed by atoms with E-state index in [1.165, 1.54) is 42.0 Å². The molecule has 0 nitrogen and oxygen atoms in total. The number of halogens is 5. The van der Waals surface area contributed by atoms with Gasteiger partial charge in [-0.15, -0.1) is 0 Å². The first-order valence-corrected chi connectivity index (χ1v) is 20.8. The van der Waals surface area contributed by atoms with Crippen LogP contribution in [0.2, 0.25) is 0 Å². The molecule has 1 aromatic heterocycles. The van der Waals surface area contributed by atoms with Crippen molar-refractivity contribution >= 4 is 87.1 Å². The van der Waals surface area contributed by atoms with E-state index in [2.05, 4.69) is 97.1 Å². The van der Waals surface area contributed by atoms with Crippen molar-refractivity contribution in [1.29, 1.82) is 0 Å². The summed E-state index contributed by atoms with van der Waals surface area (Å²) in [5, 5.41) is 6.05. The van der Waals surface area contributed by atoms with Crippen molar-refractivity contribution in [3.63, 3.8) is 0 Å². The van der Waals surface area contributed by atoms with Crippen molar-refractivity contribution in [3.05, 3.63) is 164 Å². The van der Waals surface area contributed by atoms with Crippen LogP contribution in [0.15, 0.2) is 169 Å². The molecule has 1 heterocycles. The standard InChI is InChI=1S/C46H27F5SSe/c47-52(48,49,50,51)45-36-21-10-8-19-34(36)44(35-20-9-11-22-37(35)45)39-24-12-23-38-40-27-29(25-26-41(40)53-46(38)39)43-32-17-6-4-15-30(32)42(28-13-2-1-3-14-28)31-16-5-7-18-33(31)43/h1-27H. The number of hydrogen-bond donors (Lipinski definition) is 0. The van der Waals surface area contributed by atoms with Crippen molar-refractivity contribution in [2.24, 2.45) is 0 Å². The summed E-state index contributed by atoms with van der Waals surface area (Å²) in [6.45, 7) is 0. The maximum absolute atomic E-state index is 14.8. The Morgan fingerprint density at radius 2 is 0.774 bits per heavy atom. The van der Waals surface area contributed by atoms with E-state index < -0.39 is 25.9 Å². The second kappa shape index (κ2) is 10.8.